The van der Waals surface area contributed by atoms with Gasteiger partial charge in [-0.3, -0.25) is 4.90 Å². The van der Waals surface area contributed by atoms with Crippen LogP contribution in [0.3, 0.4) is 0 Å². The molecular weight excluding hydrogens is 208 g/mol. The van der Waals surface area contributed by atoms with E-state index >= 15 is 0 Å². The Balaban J connectivity index is 1.75. The fraction of sp³-hybridized carbons (Fsp3) is 0.600. The average Bonchev–Trinajstić information content (AvgIpc) is 2.71. The van der Waals surface area contributed by atoms with E-state index in [0.717, 1.165) is 32.1 Å². The lowest BCUT2D eigenvalue weighted by atomic mass is 10.1. The van der Waals surface area contributed by atoms with Crippen molar-refractivity contribution in [2.45, 2.75) is 33.4 Å². The van der Waals surface area contributed by atoms with E-state index in [0.29, 0.717) is 0 Å². The highest BCUT2D eigenvalue weighted by atomic mass is 15.1. The van der Waals surface area contributed by atoms with Crippen LogP contribution in [-0.2, 0) is 13.1 Å². The van der Waals surface area contributed by atoms with E-state index in [9.17, 15) is 0 Å². The van der Waals surface area contributed by atoms with E-state index in [2.05, 4.69) is 48.3 Å². The topological polar surface area (TPSA) is 15.3 Å². The van der Waals surface area contributed by atoms with E-state index in [1.54, 1.807) is 0 Å². The zero-order chi connectivity index (χ0) is 12.1. The Bertz CT molecular complexity index is 324. The van der Waals surface area contributed by atoms with Crippen molar-refractivity contribution in [3.8, 4) is 0 Å². The first-order valence-electron chi connectivity index (χ1n) is 6.79. The van der Waals surface area contributed by atoms with Gasteiger partial charge >= 0.3 is 0 Å². The fourth-order valence-corrected chi connectivity index (χ4v) is 2.56. The van der Waals surface area contributed by atoms with Gasteiger partial charge in [-0.25, -0.2) is 0 Å². The second-order valence-electron chi connectivity index (χ2n) is 5.25. The molecule has 0 amide bonds. The van der Waals surface area contributed by atoms with Crippen LogP contribution in [0.5, 0.6) is 0 Å². The van der Waals surface area contributed by atoms with Crippen LogP contribution in [0.1, 0.15) is 31.4 Å². The standard InChI is InChI=1S/C15H24N2/c1-3-8-16-9-13(2)10-17-11-14-6-4-5-7-15(14)12-17/h4-7,13,16H,3,8-12H2,1-2H3. The van der Waals surface area contributed by atoms with Crippen LogP contribution < -0.4 is 5.32 Å². The van der Waals surface area contributed by atoms with Crippen LogP contribution >= 0.6 is 0 Å². The highest BCUT2D eigenvalue weighted by molar-refractivity contribution is 5.30. The van der Waals surface area contributed by atoms with Gasteiger partial charge in [-0.15, -0.1) is 0 Å². The van der Waals surface area contributed by atoms with Crippen LogP contribution in [0.15, 0.2) is 24.3 Å². The van der Waals surface area contributed by atoms with Crippen LogP contribution in [0, 0.1) is 5.92 Å². The molecule has 1 unspecified atom stereocenters. The molecule has 0 radical (unpaired) electrons. The molecule has 0 aliphatic carbocycles. The first-order valence-corrected chi connectivity index (χ1v) is 6.79. The normalized spacial score (nSPS) is 17.1. The van der Waals surface area contributed by atoms with Crippen molar-refractivity contribution in [1.82, 2.24) is 10.2 Å². The van der Waals surface area contributed by atoms with Crippen molar-refractivity contribution in [2.24, 2.45) is 5.92 Å². The number of benzene rings is 1. The number of hydrogen-bond donors (Lipinski definition) is 1. The van der Waals surface area contributed by atoms with Gasteiger partial charge in [-0.1, -0.05) is 38.1 Å². The van der Waals surface area contributed by atoms with E-state index in [4.69, 9.17) is 0 Å². The van der Waals surface area contributed by atoms with E-state index in [-0.39, 0.29) is 0 Å². The summed E-state index contributed by atoms with van der Waals surface area (Å²) in [5, 5.41) is 3.50. The number of fused-ring (bicyclic) bond motifs is 1. The van der Waals surface area contributed by atoms with Crippen molar-refractivity contribution in [3.63, 3.8) is 0 Å². The zero-order valence-corrected chi connectivity index (χ0v) is 11.1. The molecule has 1 aromatic carbocycles. The molecule has 1 aliphatic rings. The van der Waals surface area contributed by atoms with Gasteiger partial charge in [-0.05, 0) is 36.6 Å². The highest BCUT2D eigenvalue weighted by Crippen LogP contribution is 2.22. The molecule has 0 aromatic heterocycles. The Hall–Kier alpha value is -0.860. The van der Waals surface area contributed by atoms with Gasteiger partial charge in [0, 0.05) is 19.6 Å². The monoisotopic (exact) mass is 232 g/mol. The maximum atomic E-state index is 3.50. The van der Waals surface area contributed by atoms with Gasteiger partial charge in [0.05, 0.1) is 0 Å². The fourth-order valence-electron chi connectivity index (χ4n) is 2.56. The van der Waals surface area contributed by atoms with Crippen LogP contribution in [0.25, 0.3) is 0 Å². The van der Waals surface area contributed by atoms with Crippen molar-refractivity contribution in [2.75, 3.05) is 19.6 Å². The molecular formula is C15H24N2. The summed E-state index contributed by atoms with van der Waals surface area (Å²) in [5.41, 5.74) is 3.03. The van der Waals surface area contributed by atoms with Crippen molar-refractivity contribution < 1.29 is 0 Å². The maximum absolute atomic E-state index is 3.50. The summed E-state index contributed by atoms with van der Waals surface area (Å²) >= 11 is 0. The predicted molar refractivity (Wildman–Crippen MR) is 72.9 cm³/mol. The third-order valence-corrected chi connectivity index (χ3v) is 3.40. The summed E-state index contributed by atoms with van der Waals surface area (Å²) in [6.07, 6.45) is 1.22. The first kappa shape index (κ1) is 12.6. The molecule has 1 aliphatic heterocycles. The zero-order valence-electron chi connectivity index (χ0n) is 11.1. The Morgan fingerprint density at radius 2 is 1.88 bits per heavy atom. The predicted octanol–water partition coefficient (Wildman–Crippen LogP) is 2.64. The van der Waals surface area contributed by atoms with Gasteiger partial charge in [-0.2, -0.15) is 0 Å². The van der Waals surface area contributed by atoms with E-state index in [1.807, 2.05) is 0 Å². The molecule has 17 heavy (non-hydrogen) atoms. The number of nitrogens with one attached hydrogen (secondary N) is 1. The summed E-state index contributed by atoms with van der Waals surface area (Å²) < 4.78 is 0. The number of nitrogens with zero attached hydrogens (tertiary/aromatic N) is 1. The summed E-state index contributed by atoms with van der Waals surface area (Å²) in [6, 6.07) is 8.81. The first-order chi connectivity index (χ1) is 8.29. The average molecular weight is 232 g/mol. The van der Waals surface area contributed by atoms with Crippen molar-refractivity contribution >= 4 is 0 Å². The van der Waals surface area contributed by atoms with Gasteiger partial charge < -0.3 is 5.32 Å². The third kappa shape index (κ3) is 3.55. The molecule has 1 heterocycles. The summed E-state index contributed by atoms with van der Waals surface area (Å²) in [4.78, 5) is 2.56. The number of rotatable bonds is 6. The molecule has 1 atom stereocenters. The third-order valence-electron chi connectivity index (χ3n) is 3.40. The molecule has 0 saturated carbocycles. The summed E-state index contributed by atoms with van der Waals surface area (Å²) in [6.45, 7) is 10.3. The lowest BCUT2D eigenvalue weighted by molar-refractivity contribution is 0.240. The second kappa shape index (κ2) is 6.18. The SMILES string of the molecule is CCCNCC(C)CN1Cc2ccccc2C1. The summed E-state index contributed by atoms with van der Waals surface area (Å²) in [5.74, 6) is 0.732. The molecule has 1 aromatic rings. The van der Waals surface area contributed by atoms with Gasteiger partial charge in [0.1, 0.15) is 0 Å². The van der Waals surface area contributed by atoms with E-state index in [1.165, 1.54) is 24.1 Å². The Morgan fingerprint density at radius 1 is 1.24 bits per heavy atom. The molecule has 2 nitrogen and oxygen atoms in total. The number of hydrogen-bond acceptors (Lipinski definition) is 2. The summed E-state index contributed by atoms with van der Waals surface area (Å²) in [7, 11) is 0. The smallest absolute Gasteiger partial charge is 0.0240 e. The minimum absolute atomic E-state index is 0.732. The van der Waals surface area contributed by atoms with Crippen molar-refractivity contribution in [3.05, 3.63) is 35.4 Å². The lowest BCUT2D eigenvalue weighted by Gasteiger charge is -2.20. The molecule has 0 bridgehead atoms. The molecule has 0 spiro atoms. The molecule has 2 heteroatoms. The second-order valence-corrected chi connectivity index (χ2v) is 5.25. The Labute approximate surface area is 105 Å². The highest BCUT2D eigenvalue weighted by Gasteiger charge is 2.19. The molecule has 94 valence electrons. The van der Waals surface area contributed by atoms with Crippen LogP contribution in [-0.4, -0.2) is 24.5 Å². The Morgan fingerprint density at radius 3 is 2.47 bits per heavy atom. The van der Waals surface area contributed by atoms with Gasteiger partial charge in [0.25, 0.3) is 0 Å². The van der Waals surface area contributed by atoms with E-state index < -0.39 is 0 Å². The molecule has 2 rings (SSSR count). The minimum atomic E-state index is 0.732. The molecule has 0 fully saturated rings. The lowest BCUT2D eigenvalue weighted by Crippen LogP contribution is -2.30. The van der Waals surface area contributed by atoms with Gasteiger partial charge in [0.2, 0.25) is 0 Å². The van der Waals surface area contributed by atoms with Crippen LogP contribution in [0.2, 0.25) is 0 Å². The minimum Gasteiger partial charge on any atom is -0.316 e. The quantitative estimate of drug-likeness (QED) is 0.759. The molecule has 0 saturated heterocycles. The maximum Gasteiger partial charge on any atom is 0.0240 e. The van der Waals surface area contributed by atoms with Crippen molar-refractivity contribution in [1.29, 1.82) is 0 Å². The molecule has 1 N–H and O–H groups in total. The van der Waals surface area contributed by atoms with Crippen LogP contribution in [0.4, 0.5) is 0 Å². The Kier molecular flexibility index (Phi) is 4.57. The largest absolute Gasteiger partial charge is 0.316 e. The van der Waals surface area contributed by atoms with Gasteiger partial charge in [0.15, 0.2) is 0 Å².